The quantitative estimate of drug-likeness (QED) is 0.772. The fourth-order valence-corrected chi connectivity index (χ4v) is 2.31. The van der Waals surface area contributed by atoms with Gasteiger partial charge in [-0.15, -0.1) is 0 Å². The van der Waals surface area contributed by atoms with E-state index < -0.39 is 0 Å². The maximum absolute atomic E-state index is 6.11. The normalized spacial score (nSPS) is 10.8. The van der Waals surface area contributed by atoms with E-state index >= 15 is 0 Å². The first kappa shape index (κ1) is 12.7. The number of hydrogen-bond donors (Lipinski definition) is 2. The number of aryl methyl sites for hydroxylation is 1. The minimum atomic E-state index is 0.549. The Morgan fingerprint density at radius 2 is 2.10 bits per heavy atom. The molecule has 2 heterocycles. The van der Waals surface area contributed by atoms with Crippen LogP contribution in [0.3, 0.4) is 0 Å². The molecular formula is C14H13ClN4O. The van der Waals surface area contributed by atoms with E-state index in [-0.39, 0.29) is 0 Å². The minimum absolute atomic E-state index is 0.549. The topological polar surface area (TPSA) is 62.8 Å². The number of methoxy groups -OCH3 is 1. The number of benzene rings is 1. The highest BCUT2D eigenvalue weighted by atomic mass is 35.5. The Kier molecular flexibility index (Phi) is 3.20. The summed E-state index contributed by atoms with van der Waals surface area (Å²) in [7, 11) is 1.59. The van der Waals surface area contributed by atoms with E-state index in [1.54, 1.807) is 13.2 Å². The van der Waals surface area contributed by atoms with Gasteiger partial charge in [-0.3, -0.25) is 0 Å². The van der Waals surface area contributed by atoms with Gasteiger partial charge in [-0.05, 0) is 31.2 Å². The predicted molar refractivity (Wildman–Crippen MR) is 79.9 cm³/mol. The second kappa shape index (κ2) is 5.02. The molecule has 3 rings (SSSR count). The van der Waals surface area contributed by atoms with Crippen LogP contribution in [0.5, 0.6) is 5.75 Å². The Bertz CT molecular complexity index is 769. The Morgan fingerprint density at radius 1 is 1.25 bits per heavy atom. The van der Waals surface area contributed by atoms with Crippen LogP contribution in [0.4, 0.5) is 11.5 Å². The van der Waals surface area contributed by atoms with Gasteiger partial charge >= 0.3 is 0 Å². The molecule has 2 aromatic heterocycles. The number of fused-ring (bicyclic) bond motifs is 1. The first-order valence-electron chi connectivity index (χ1n) is 6.08. The van der Waals surface area contributed by atoms with Crippen molar-refractivity contribution in [1.82, 2.24) is 15.0 Å². The third-order valence-corrected chi connectivity index (χ3v) is 3.27. The second-order valence-corrected chi connectivity index (χ2v) is 4.82. The van der Waals surface area contributed by atoms with E-state index in [9.17, 15) is 0 Å². The van der Waals surface area contributed by atoms with Crippen molar-refractivity contribution < 1.29 is 4.74 Å². The molecule has 0 spiro atoms. The summed E-state index contributed by atoms with van der Waals surface area (Å²) in [6.07, 6.45) is 1.52. The summed E-state index contributed by atoms with van der Waals surface area (Å²) in [5.74, 6) is 1.38. The first-order valence-corrected chi connectivity index (χ1v) is 6.46. The maximum Gasteiger partial charge on any atom is 0.143 e. The van der Waals surface area contributed by atoms with E-state index in [1.807, 2.05) is 25.1 Å². The third-order valence-electron chi connectivity index (χ3n) is 2.97. The Balaban J connectivity index is 1.98. The fraction of sp³-hybridized carbons (Fsp3) is 0.143. The standard InChI is InChI=1S/C14H13ClN4O/c1-8-5-10-13(18-8)16-7-17-14(10)19-9-3-4-12(20-2)11(15)6-9/h3-7H,1-2H3,(H2,16,17,18,19). The smallest absolute Gasteiger partial charge is 0.143 e. The predicted octanol–water partition coefficient (Wildman–Crippen LogP) is 3.67. The van der Waals surface area contributed by atoms with Gasteiger partial charge in [-0.1, -0.05) is 11.6 Å². The first-order chi connectivity index (χ1) is 9.67. The molecule has 3 aromatic rings. The van der Waals surface area contributed by atoms with Crippen molar-refractivity contribution in [3.05, 3.63) is 41.3 Å². The van der Waals surface area contributed by atoms with Crippen molar-refractivity contribution in [3.8, 4) is 5.75 Å². The van der Waals surface area contributed by atoms with Gasteiger partial charge in [-0.25, -0.2) is 9.97 Å². The summed E-state index contributed by atoms with van der Waals surface area (Å²) in [6.45, 7) is 1.98. The number of ether oxygens (including phenoxy) is 1. The molecule has 0 unspecified atom stereocenters. The average Bonchev–Trinajstić information content (AvgIpc) is 2.80. The van der Waals surface area contributed by atoms with Crippen LogP contribution in [0.2, 0.25) is 5.02 Å². The average molecular weight is 289 g/mol. The van der Waals surface area contributed by atoms with Gasteiger partial charge in [0.2, 0.25) is 0 Å². The molecule has 0 saturated carbocycles. The zero-order valence-corrected chi connectivity index (χ0v) is 11.8. The highest BCUT2D eigenvalue weighted by molar-refractivity contribution is 6.32. The van der Waals surface area contributed by atoms with Crippen LogP contribution in [-0.2, 0) is 0 Å². The van der Waals surface area contributed by atoms with E-state index in [0.29, 0.717) is 10.8 Å². The van der Waals surface area contributed by atoms with Gasteiger partial charge in [-0.2, -0.15) is 0 Å². The second-order valence-electron chi connectivity index (χ2n) is 4.41. The molecule has 0 atom stereocenters. The number of anilines is 2. The van der Waals surface area contributed by atoms with E-state index in [2.05, 4.69) is 20.3 Å². The number of nitrogens with one attached hydrogen (secondary N) is 2. The highest BCUT2D eigenvalue weighted by Gasteiger charge is 2.08. The van der Waals surface area contributed by atoms with Crippen LogP contribution in [0.25, 0.3) is 11.0 Å². The van der Waals surface area contributed by atoms with Crippen molar-refractivity contribution in [2.24, 2.45) is 0 Å². The van der Waals surface area contributed by atoms with Crippen LogP contribution in [0.15, 0.2) is 30.6 Å². The highest BCUT2D eigenvalue weighted by Crippen LogP contribution is 2.30. The molecule has 6 heteroatoms. The molecule has 0 aliphatic rings. The summed E-state index contributed by atoms with van der Waals surface area (Å²) < 4.78 is 5.13. The molecule has 102 valence electrons. The Labute approximate surface area is 121 Å². The van der Waals surface area contributed by atoms with Crippen molar-refractivity contribution in [1.29, 1.82) is 0 Å². The Morgan fingerprint density at radius 3 is 2.85 bits per heavy atom. The molecule has 0 saturated heterocycles. The zero-order chi connectivity index (χ0) is 14.1. The molecule has 0 bridgehead atoms. The van der Waals surface area contributed by atoms with Gasteiger partial charge < -0.3 is 15.0 Å². The number of hydrogen-bond acceptors (Lipinski definition) is 4. The number of H-pyrrole nitrogens is 1. The SMILES string of the molecule is COc1ccc(Nc2ncnc3[nH]c(C)cc23)cc1Cl. The largest absolute Gasteiger partial charge is 0.495 e. The van der Waals surface area contributed by atoms with Gasteiger partial charge in [0.05, 0.1) is 17.5 Å². The Hall–Kier alpha value is -2.27. The van der Waals surface area contributed by atoms with E-state index in [0.717, 1.165) is 28.2 Å². The lowest BCUT2D eigenvalue weighted by Crippen LogP contribution is -1.95. The van der Waals surface area contributed by atoms with Gasteiger partial charge in [0.15, 0.2) is 0 Å². The summed E-state index contributed by atoms with van der Waals surface area (Å²) in [5.41, 5.74) is 2.69. The van der Waals surface area contributed by atoms with Crippen molar-refractivity contribution in [3.63, 3.8) is 0 Å². The molecule has 5 nitrogen and oxygen atoms in total. The molecule has 0 radical (unpaired) electrons. The molecule has 0 fully saturated rings. The molecule has 0 aliphatic carbocycles. The number of halogens is 1. The molecule has 0 aliphatic heterocycles. The lowest BCUT2D eigenvalue weighted by Gasteiger charge is -2.08. The lowest BCUT2D eigenvalue weighted by molar-refractivity contribution is 0.415. The number of rotatable bonds is 3. The van der Waals surface area contributed by atoms with Crippen LogP contribution in [0.1, 0.15) is 5.69 Å². The molecular weight excluding hydrogens is 276 g/mol. The zero-order valence-electron chi connectivity index (χ0n) is 11.1. The van der Waals surface area contributed by atoms with Gasteiger partial charge in [0.1, 0.15) is 23.5 Å². The van der Waals surface area contributed by atoms with Crippen LogP contribution >= 0.6 is 11.6 Å². The summed E-state index contributed by atoms with van der Waals surface area (Å²) >= 11 is 6.11. The number of aromatic nitrogens is 3. The van der Waals surface area contributed by atoms with Crippen LogP contribution < -0.4 is 10.1 Å². The van der Waals surface area contributed by atoms with Crippen molar-refractivity contribution in [2.45, 2.75) is 6.92 Å². The van der Waals surface area contributed by atoms with Crippen molar-refractivity contribution >= 4 is 34.1 Å². The van der Waals surface area contributed by atoms with Crippen molar-refractivity contribution in [2.75, 3.05) is 12.4 Å². The maximum atomic E-state index is 6.11. The molecule has 0 amide bonds. The van der Waals surface area contributed by atoms with Crippen LogP contribution in [0, 0.1) is 6.92 Å². The third kappa shape index (κ3) is 2.28. The minimum Gasteiger partial charge on any atom is -0.495 e. The van der Waals surface area contributed by atoms with E-state index in [1.165, 1.54) is 6.33 Å². The van der Waals surface area contributed by atoms with E-state index in [4.69, 9.17) is 16.3 Å². The monoisotopic (exact) mass is 288 g/mol. The molecule has 20 heavy (non-hydrogen) atoms. The molecule has 1 aromatic carbocycles. The number of nitrogens with zero attached hydrogens (tertiary/aromatic N) is 2. The summed E-state index contributed by atoms with van der Waals surface area (Å²) in [5, 5.41) is 4.73. The van der Waals surface area contributed by atoms with Gasteiger partial charge in [0.25, 0.3) is 0 Å². The fourth-order valence-electron chi connectivity index (χ4n) is 2.05. The summed E-state index contributed by atoms with van der Waals surface area (Å²) in [6, 6.07) is 7.50. The van der Waals surface area contributed by atoms with Crippen LogP contribution in [-0.4, -0.2) is 22.1 Å². The molecule has 2 N–H and O–H groups in total. The summed E-state index contributed by atoms with van der Waals surface area (Å²) in [4.78, 5) is 11.6. The number of aromatic amines is 1. The lowest BCUT2D eigenvalue weighted by atomic mass is 10.3. The van der Waals surface area contributed by atoms with Gasteiger partial charge in [0, 0.05) is 11.4 Å².